The van der Waals surface area contributed by atoms with Crippen molar-refractivity contribution in [2.75, 3.05) is 5.73 Å². The zero-order valence-corrected chi connectivity index (χ0v) is 8.47. The van der Waals surface area contributed by atoms with E-state index in [0.29, 0.717) is 9.26 Å². The second-order valence-corrected chi connectivity index (χ2v) is 3.48. The third-order valence-electron chi connectivity index (χ3n) is 1.53. The highest BCUT2D eigenvalue weighted by atomic mass is 127. The number of rotatable bonds is 1. The summed E-state index contributed by atoms with van der Waals surface area (Å²) in [7, 11) is 0. The maximum absolute atomic E-state index is 12.3. The van der Waals surface area contributed by atoms with E-state index in [4.69, 9.17) is 5.73 Å². The summed E-state index contributed by atoms with van der Waals surface area (Å²) in [6, 6.07) is 0. The fraction of sp³-hybridized carbons (Fsp3) is 0.286. The number of hydrogen-bond donors (Lipinski definition) is 1. The molecule has 0 radical (unpaired) electrons. The van der Waals surface area contributed by atoms with Gasteiger partial charge in [-0.25, -0.2) is 8.78 Å². The van der Waals surface area contributed by atoms with Crippen LogP contribution in [0.1, 0.15) is 17.7 Å². The van der Waals surface area contributed by atoms with Crippen molar-refractivity contribution in [3.8, 4) is 0 Å². The minimum atomic E-state index is -2.55. The van der Waals surface area contributed by atoms with Gasteiger partial charge in [-0.15, -0.1) is 0 Å². The van der Waals surface area contributed by atoms with Gasteiger partial charge in [0.05, 0.1) is 14.8 Å². The molecule has 1 aromatic rings. The van der Waals surface area contributed by atoms with Gasteiger partial charge in [0.1, 0.15) is 0 Å². The maximum atomic E-state index is 12.3. The molecular formula is C7H7F2IN2. The van der Waals surface area contributed by atoms with Crippen molar-refractivity contribution in [2.45, 2.75) is 13.3 Å². The van der Waals surface area contributed by atoms with Gasteiger partial charge in [0, 0.05) is 11.9 Å². The van der Waals surface area contributed by atoms with Gasteiger partial charge in [-0.3, -0.25) is 4.98 Å². The highest BCUT2D eigenvalue weighted by molar-refractivity contribution is 14.1. The molecule has 0 aliphatic carbocycles. The van der Waals surface area contributed by atoms with Gasteiger partial charge in [-0.05, 0) is 29.5 Å². The lowest BCUT2D eigenvalue weighted by Gasteiger charge is -2.08. The van der Waals surface area contributed by atoms with E-state index in [1.54, 1.807) is 0 Å². The van der Waals surface area contributed by atoms with Gasteiger partial charge in [0.25, 0.3) is 6.43 Å². The molecule has 2 N–H and O–H groups in total. The summed E-state index contributed by atoms with van der Waals surface area (Å²) in [5.74, 6) is 0. The normalized spacial score (nSPS) is 10.8. The van der Waals surface area contributed by atoms with E-state index in [1.165, 1.54) is 13.1 Å². The van der Waals surface area contributed by atoms with Crippen LogP contribution in [0.2, 0.25) is 0 Å². The Bertz CT molecular complexity index is 302. The Labute approximate surface area is 82.3 Å². The number of anilines is 1. The average Bonchev–Trinajstić information content (AvgIpc) is 1.97. The molecule has 0 spiro atoms. The minimum Gasteiger partial charge on any atom is -0.397 e. The van der Waals surface area contributed by atoms with Crippen molar-refractivity contribution in [1.29, 1.82) is 0 Å². The van der Waals surface area contributed by atoms with Crippen LogP contribution in [-0.4, -0.2) is 4.98 Å². The monoisotopic (exact) mass is 284 g/mol. The summed E-state index contributed by atoms with van der Waals surface area (Å²) >= 11 is 1.88. The Morgan fingerprint density at radius 1 is 1.58 bits per heavy atom. The second-order valence-electron chi connectivity index (χ2n) is 2.32. The Morgan fingerprint density at radius 3 is 2.58 bits per heavy atom. The highest BCUT2D eigenvalue weighted by Gasteiger charge is 2.16. The number of alkyl halides is 2. The Kier molecular flexibility index (Phi) is 2.81. The van der Waals surface area contributed by atoms with E-state index in [-0.39, 0.29) is 11.3 Å². The number of aryl methyl sites for hydroxylation is 1. The van der Waals surface area contributed by atoms with Gasteiger partial charge in [0.2, 0.25) is 0 Å². The fourth-order valence-electron chi connectivity index (χ4n) is 0.892. The average molecular weight is 284 g/mol. The molecule has 0 aliphatic heterocycles. The molecule has 2 nitrogen and oxygen atoms in total. The standard InChI is InChI=1S/C7H7F2IN2/c1-3-5(7(8)9)6(11)4(10)2-12-3/h2,7H,1H3,(H2,11,12). The van der Waals surface area contributed by atoms with E-state index < -0.39 is 6.43 Å². The maximum Gasteiger partial charge on any atom is 0.267 e. The van der Waals surface area contributed by atoms with Crippen LogP contribution in [0.25, 0.3) is 0 Å². The zero-order valence-electron chi connectivity index (χ0n) is 6.31. The van der Waals surface area contributed by atoms with Crippen molar-refractivity contribution >= 4 is 28.3 Å². The number of nitrogens with two attached hydrogens (primary N) is 1. The molecule has 0 saturated heterocycles. The van der Waals surface area contributed by atoms with E-state index in [9.17, 15) is 8.78 Å². The first-order chi connectivity index (χ1) is 5.54. The molecule has 0 unspecified atom stereocenters. The molecule has 0 atom stereocenters. The lowest BCUT2D eigenvalue weighted by Crippen LogP contribution is -2.02. The predicted octanol–water partition coefficient (Wildman–Crippen LogP) is 2.51. The fourth-order valence-corrected chi connectivity index (χ4v) is 1.32. The molecule has 0 bridgehead atoms. The van der Waals surface area contributed by atoms with Crippen molar-refractivity contribution in [1.82, 2.24) is 4.98 Å². The molecule has 66 valence electrons. The van der Waals surface area contributed by atoms with Crippen LogP contribution >= 0.6 is 22.6 Å². The summed E-state index contributed by atoms with van der Waals surface area (Å²) < 4.78 is 25.3. The van der Waals surface area contributed by atoms with Gasteiger partial charge < -0.3 is 5.73 Å². The topological polar surface area (TPSA) is 38.9 Å². The quantitative estimate of drug-likeness (QED) is 0.805. The smallest absolute Gasteiger partial charge is 0.267 e. The van der Waals surface area contributed by atoms with Crippen LogP contribution in [0.3, 0.4) is 0 Å². The van der Waals surface area contributed by atoms with Crippen LogP contribution in [0.15, 0.2) is 6.20 Å². The first-order valence-electron chi connectivity index (χ1n) is 3.22. The van der Waals surface area contributed by atoms with E-state index in [0.717, 1.165) is 0 Å². The second kappa shape index (κ2) is 3.51. The molecule has 0 aromatic carbocycles. The van der Waals surface area contributed by atoms with Crippen LogP contribution in [0.4, 0.5) is 14.5 Å². The highest BCUT2D eigenvalue weighted by Crippen LogP contribution is 2.29. The number of aromatic nitrogens is 1. The third kappa shape index (κ3) is 1.65. The molecule has 1 rings (SSSR count). The zero-order chi connectivity index (χ0) is 9.30. The number of nitrogen functional groups attached to an aromatic ring is 1. The van der Waals surface area contributed by atoms with E-state index in [1.807, 2.05) is 22.6 Å². The molecule has 0 amide bonds. The molecule has 1 aromatic heterocycles. The summed E-state index contributed by atoms with van der Waals surface area (Å²) in [6.45, 7) is 1.52. The minimum absolute atomic E-state index is 0.137. The first-order valence-corrected chi connectivity index (χ1v) is 4.30. The van der Waals surface area contributed by atoms with E-state index >= 15 is 0 Å². The summed E-state index contributed by atoms with van der Waals surface area (Å²) in [4.78, 5) is 3.79. The van der Waals surface area contributed by atoms with Gasteiger partial charge in [-0.2, -0.15) is 0 Å². The molecular weight excluding hydrogens is 277 g/mol. The summed E-state index contributed by atoms with van der Waals surface area (Å²) in [5.41, 5.74) is 5.74. The molecule has 5 heteroatoms. The molecule has 1 heterocycles. The number of pyridine rings is 1. The largest absolute Gasteiger partial charge is 0.397 e. The lowest BCUT2D eigenvalue weighted by molar-refractivity contribution is 0.151. The van der Waals surface area contributed by atoms with Crippen LogP contribution in [-0.2, 0) is 0 Å². The molecule has 0 saturated carbocycles. The van der Waals surface area contributed by atoms with E-state index in [2.05, 4.69) is 4.98 Å². The first kappa shape index (κ1) is 9.63. The third-order valence-corrected chi connectivity index (χ3v) is 2.39. The van der Waals surface area contributed by atoms with Gasteiger partial charge in [-0.1, -0.05) is 0 Å². The number of halogens is 3. The van der Waals surface area contributed by atoms with Crippen LogP contribution in [0.5, 0.6) is 0 Å². The van der Waals surface area contributed by atoms with Crippen LogP contribution in [0, 0.1) is 10.5 Å². The molecule has 0 aliphatic rings. The molecule has 0 fully saturated rings. The lowest BCUT2D eigenvalue weighted by atomic mass is 10.2. The summed E-state index contributed by atoms with van der Waals surface area (Å²) in [6.07, 6.45) is -1.07. The SMILES string of the molecule is Cc1ncc(I)c(N)c1C(F)F. The van der Waals surface area contributed by atoms with Crippen molar-refractivity contribution in [3.63, 3.8) is 0 Å². The van der Waals surface area contributed by atoms with Gasteiger partial charge >= 0.3 is 0 Å². The predicted molar refractivity (Wildman–Crippen MR) is 51.1 cm³/mol. The Balaban J connectivity index is 3.33. The van der Waals surface area contributed by atoms with Crippen LogP contribution < -0.4 is 5.73 Å². The van der Waals surface area contributed by atoms with Gasteiger partial charge in [0.15, 0.2) is 0 Å². The Hall–Kier alpha value is -0.460. The molecule has 12 heavy (non-hydrogen) atoms. The number of hydrogen-bond acceptors (Lipinski definition) is 2. The van der Waals surface area contributed by atoms with Crippen molar-refractivity contribution in [2.24, 2.45) is 0 Å². The Morgan fingerprint density at radius 2 is 2.17 bits per heavy atom. The van der Waals surface area contributed by atoms with Crippen molar-refractivity contribution < 1.29 is 8.78 Å². The summed E-state index contributed by atoms with van der Waals surface area (Å²) in [5, 5.41) is 0. The number of nitrogens with zero attached hydrogens (tertiary/aromatic N) is 1. The van der Waals surface area contributed by atoms with Crippen molar-refractivity contribution in [3.05, 3.63) is 21.0 Å².